The third-order valence-electron chi connectivity index (χ3n) is 8.27. The standard InChI is InChI=1S/C36H24N6O2/c1-21-37-39-35(43-21)27-19-33(41-29-15-7-3-11-23(29)24-12-4-8-16-30(24)41)34(20-28(27)36-40-38-22(2)44-36)42-31-17-9-5-13-25(31)26-14-6-10-18-32(26)42/h3-20H,1-2H3. The first-order valence-corrected chi connectivity index (χ1v) is 14.4. The normalized spacial score (nSPS) is 11.9. The molecule has 0 unspecified atom stereocenters. The Morgan fingerprint density at radius 3 is 1.05 bits per heavy atom. The van der Waals surface area contributed by atoms with Crippen molar-refractivity contribution in [3.05, 3.63) is 121 Å². The molecular weight excluding hydrogens is 548 g/mol. The van der Waals surface area contributed by atoms with E-state index in [9.17, 15) is 0 Å². The van der Waals surface area contributed by atoms with Crippen LogP contribution in [0.3, 0.4) is 0 Å². The predicted molar refractivity (Wildman–Crippen MR) is 171 cm³/mol. The van der Waals surface area contributed by atoms with E-state index >= 15 is 0 Å². The van der Waals surface area contributed by atoms with Gasteiger partial charge in [0.15, 0.2) is 0 Å². The molecule has 4 heterocycles. The third-order valence-corrected chi connectivity index (χ3v) is 8.27. The number of rotatable bonds is 4. The van der Waals surface area contributed by atoms with E-state index in [2.05, 4.69) is 139 Å². The van der Waals surface area contributed by atoms with Crippen molar-refractivity contribution in [2.45, 2.75) is 13.8 Å². The Balaban J connectivity index is 1.50. The third kappa shape index (κ3) is 3.51. The van der Waals surface area contributed by atoms with Crippen LogP contribution in [0.5, 0.6) is 0 Å². The number of hydrogen-bond acceptors (Lipinski definition) is 6. The molecule has 4 aromatic heterocycles. The van der Waals surface area contributed by atoms with Crippen molar-refractivity contribution in [1.82, 2.24) is 29.5 Å². The number of aromatic nitrogens is 6. The van der Waals surface area contributed by atoms with E-state index in [0.29, 0.717) is 34.7 Å². The van der Waals surface area contributed by atoms with Crippen LogP contribution in [-0.2, 0) is 0 Å². The van der Waals surface area contributed by atoms with E-state index < -0.39 is 0 Å². The van der Waals surface area contributed by atoms with Crippen LogP contribution in [0.1, 0.15) is 11.8 Å². The van der Waals surface area contributed by atoms with Crippen molar-refractivity contribution in [3.8, 4) is 34.3 Å². The summed E-state index contributed by atoms with van der Waals surface area (Å²) >= 11 is 0. The lowest BCUT2D eigenvalue weighted by Crippen LogP contribution is -2.05. The number of fused-ring (bicyclic) bond motifs is 6. The van der Waals surface area contributed by atoms with E-state index in [1.54, 1.807) is 13.8 Å². The fourth-order valence-corrected chi connectivity index (χ4v) is 6.46. The molecule has 0 aliphatic carbocycles. The van der Waals surface area contributed by atoms with Crippen molar-refractivity contribution in [2.24, 2.45) is 0 Å². The highest BCUT2D eigenvalue weighted by atomic mass is 16.4. The summed E-state index contributed by atoms with van der Waals surface area (Å²) in [6.07, 6.45) is 0. The number of para-hydroxylation sites is 4. The summed E-state index contributed by atoms with van der Waals surface area (Å²) < 4.78 is 16.7. The van der Waals surface area contributed by atoms with Gasteiger partial charge in [0.05, 0.1) is 44.6 Å². The molecule has 0 atom stereocenters. The SMILES string of the molecule is Cc1nnc(-c2cc(-n3c4ccccc4c4ccccc43)c(-n3c4ccccc4c4ccccc43)cc2-c2nnc(C)o2)o1. The maximum atomic E-state index is 6.03. The van der Waals surface area contributed by atoms with Crippen molar-refractivity contribution in [3.63, 3.8) is 0 Å². The Morgan fingerprint density at radius 1 is 0.432 bits per heavy atom. The molecule has 0 aliphatic rings. The fraction of sp³-hybridized carbons (Fsp3) is 0.0556. The van der Waals surface area contributed by atoms with Gasteiger partial charge in [-0.1, -0.05) is 72.8 Å². The molecule has 44 heavy (non-hydrogen) atoms. The number of aryl methyl sites for hydroxylation is 2. The summed E-state index contributed by atoms with van der Waals surface area (Å²) in [5, 5.41) is 21.8. The topological polar surface area (TPSA) is 87.7 Å². The smallest absolute Gasteiger partial charge is 0.248 e. The van der Waals surface area contributed by atoms with E-state index in [4.69, 9.17) is 8.83 Å². The molecule has 9 aromatic rings. The molecule has 0 spiro atoms. The molecule has 0 fully saturated rings. The van der Waals surface area contributed by atoms with Gasteiger partial charge < -0.3 is 18.0 Å². The molecule has 0 saturated carbocycles. The molecule has 8 heteroatoms. The monoisotopic (exact) mass is 572 g/mol. The first-order chi connectivity index (χ1) is 21.7. The minimum absolute atomic E-state index is 0.379. The van der Waals surface area contributed by atoms with Gasteiger partial charge in [-0.05, 0) is 36.4 Å². The second-order valence-corrected chi connectivity index (χ2v) is 10.9. The quantitative estimate of drug-likeness (QED) is 0.210. The zero-order valence-corrected chi connectivity index (χ0v) is 23.9. The minimum atomic E-state index is 0.379. The van der Waals surface area contributed by atoms with Crippen LogP contribution in [0.15, 0.2) is 118 Å². The van der Waals surface area contributed by atoms with Gasteiger partial charge >= 0.3 is 0 Å². The van der Waals surface area contributed by atoms with Crippen molar-refractivity contribution >= 4 is 43.6 Å². The molecule has 5 aromatic carbocycles. The molecule has 9 rings (SSSR count). The Kier molecular flexibility index (Phi) is 5.16. The maximum absolute atomic E-state index is 6.03. The molecule has 0 radical (unpaired) electrons. The van der Waals surface area contributed by atoms with Gasteiger partial charge in [0.25, 0.3) is 0 Å². The van der Waals surface area contributed by atoms with Gasteiger partial charge in [-0.3, -0.25) is 0 Å². The van der Waals surface area contributed by atoms with Gasteiger partial charge in [-0.2, -0.15) is 0 Å². The summed E-state index contributed by atoms with van der Waals surface area (Å²) in [6.45, 7) is 3.57. The van der Waals surface area contributed by atoms with Crippen molar-refractivity contribution in [1.29, 1.82) is 0 Å². The van der Waals surface area contributed by atoms with Crippen LogP contribution >= 0.6 is 0 Å². The maximum Gasteiger partial charge on any atom is 0.248 e. The summed E-state index contributed by atoms with van der Waals surface area (Å²) in [6, 6.07) is 38.2. The number of nitrogens with zero attached hydrogens (tertiary/aromatic N) is 6. The fourth-order valence-electron chi connectivity index (χ4n) is 6.46. The van der Waals surface area contributed by atoms with Crippen LogP contribution in [0.4, 0.5) is 0 Å². The molecule has 210 valence electrons. The highest BCUT2D eigenvalue weighted by molar-refractivity contribution is 6.11. The lowest BCUT2D eigenvalue weighted by molar-refractivity contribution is 0.526. The zero-order valence-electron chi connectivity index (χ0n) is 23.9. The lowest BCUT2D eigenvalue weighted by atomic mass is 10.0. The average molecular weight is 573 g/mol. The van der Waals surface area contributed by atoms with Crippen molar-refractivity contribution in [2.75, 3.05) is 0 Å². The van der Waals surface area contributed by atoms with Gasteiger partial charge in [0.2, 0.25) is 23.6 Å². The molecule has 0 aliphatic heterocycles. The van der Waals surface area contributed by atoms with Crippen molar-refractivity contribution < 1.29 is 8.83 Å². The summed E-state index contributed by atoms with van der Waals surface area (Å²) in [5.41, 5.74) is 7.65. The van der Waals surface area contributed by atoms with Gasteiger partial charge in [-0.25, -0.2) is 0 Å². The summed E-state index contributed by atoms with van der Waals surface area (Å²) in [7, 11) is 0. The van der Waals surface area contributed by atoms with Gasteiger partial charge in [0, 0.05) is 35.4 Å². The van der Waals surface area contributed by atoms with E-state index in [-0.39, 0.29) is 0 Å². The second kappa shape index (κ2) is 9.24. The van der Waals surface area contributed by atoms with Crippen LogP contribution in [0, 0.1) is 13.8 Å². The number of benzene rings is 5. The average Bonchev–Trinajstić information content (AvgIpc) is 3.84. The van der Waals surface area contributed by atoms with Gasteiger partial charge in [0.1, 0.15) is 0 Å². The summed E-state index contributed by atoms with van der Waals surface area (Å²) in [4.78, 5) is 0. The molecule has 0 saturated heterocycles. The Hall–Kier alpha value is -6.02. The molecule has 8 nitrogen and oxygen atoms in total. The van der Waals surface area contributed by atoms with E-state index in [1.807, 2.05) is 0 Å². The first kappa shape index (κ1) is 24.6. The van der Waals surface area contributed by atoms with E-state index in [0.717, 1.165) is 33.4 Å². The minimum Gasteiger partial charge on any atom is -0.421 e. The molecule has 0 amide bonds. The van der Waals surface area contributed by atoms with E-state index in [1.165, 1.54) is 21.5 Å². The first-order valence-electron chi connectivity index (χ1n) is 14.4. The Labute approximate surface area is 250 Å². The lowest BCUT2D eigenvalue weighted by Gasteiger charge is -2.19. The van der Waals surface area contributed by atoms with Crippen LogP contribution in [0.25, 0.3) is 77.9 Å². The second-order valence-electron chi connectivity index (χ2n) is 10.9. The Bertz CT molecular complexity index is 2260. The molecule has 0 N–H and O–H groups in total. The summed E-state index contributed by atoms with van der Waals surface area (Å²) in [5.74, 6) is 1.70. The molecule has 0 bridgehead atoms. The predicted octanol–water partition coefficient (Wildman–Crippen LogP) is 8.60. The molecular formula is C36H24N6O2. The largest absolute Gasteiger partial charge is 0.421 e. The number of hydrogen-bond donors (Lipinski definition) is 0. The zero-order chi connectivity index (χ0) is 29.4. The highest BCUT2D eigenvalue weighted by Gasteiger charge is 2.25. The van der Waals surface area contributed by atoms with Gasteiger partial charge in [-0.15, -0.1) is 20.4 Å². The van der Waals surface area contributed by atoms with Crippen LogP contribution < -0.4 is 0 Å². The Morgan fingerprint density at radius 2 is 0.750 bits per heavy atom. The highest BCUT2D eigenvalue weighted by Crippen LogP contribution is 2.42. The van der Waals surface area contributed by atoms with Crippen LogP contribution in [0.2, 0.25) is 0 Å². The van der Waals surface area contributed by atoms with Crippen LogP contribution in [-0.4, -0.2) is 29.5 Å².